The molecule has 6 nitrogen and oxygen atoms in total. The summed E-state index contributed by atoms with van der Waals surface area (Å²) in [6.45, 7) is -0.351. The molecule has 0 unspecified atom stereocenters. The quantitative estimate of drug-likeness (QED) is 0.384. The Labute approximate surface area is 106 Å². The number of ether oxygens (including phenoxy) is 1. The zero-order valence-electron chi connectivity index (χ0n) is 7.99. The van der Waals surface area contributed by atoms with Crippen molar-refractivity contribution in [2.24, 2.45) is 5.73 Å². The molecule has 0 aliphatic heterocycles. The van der Waals surface area contributed by atoms with E-state index in [-0.39, 0.29) is 15.8 Å². The number of pyridine rings is 1. The molecule has 1 aromatic heterocycles. The fraction of sp³-hybridized carbons (Fsp3) is 0.286. The molecule has 0 spiro atoms. The number of alkyl halides is 3. The van der Waals surface area contributed by atoms with Crippen molar-refractivity contribution in [3.63, 3.8) is 0 Å². The van der Waals surface area contributed by atoms with E-state index >= 15 is 0 Å². The average molecular weight is 363 g/mol. The van der Waals surface area contributed by atoms with Gasteiger partial charge in [0, 0.05) is 18.2 Å². The van der Waals surface area contributed by atoms with Gasteiger partial charge in [0.2, 0.25) is 5.88 Å². The second kappa shape index (κ2) is 5.00. The lowest BCUT2D eigenvalue weighted by molar-refractivity contribution is -0.386. The van der Waals surface area contributed by atoms with Crippen molar-refractivity contribution < 1.29 is 22.8 Å². The molecule has 1 aromatic rings. The van der Waals surface area contributed by atoms with Crippen LogP contribution in [-0.2, 0) is 6.54 Å². The Morgan fingerprint density at radius 1 is 1.59 bits per heavy atom. The minimum atomic E-state index is -4.92. The highest BCUT2D eigenvalue weighted by Gasteiger charge is 2.33. The molecule has 0 saturated carbocycles. The fourth-order valence-corrected chi connectivity index (χ4v) is 1.55. The predicted molar refractivity (Wildman–Crippen MR) is 58.2 cm³/mol. The summed E-state index contributed by atoms with van der Waals surface area (Å²) >= 11 is 1.44. The summed E-state index contributed by atoms with van der Waals surface area (Å²) in [5.41, 5.74) is 4.57. The van der Waals surface area contributed by atoms with Crippen LogP contribution in [0.2, 0.25) is 0 Å². The lowest BCUT2D eigenvalue weighted by atomic mass is 10.2. The number of nitro groups is 1. The van der Waals surface area contributed by atoms with Crippen molar-refractivity contribution in [1.29, 1.82) is 0 Å². The number of halogens is 4. The summed E-state index contributed by atoms with van der Waals surface area (Å²) in [6, 6.07) is 0.913. The van der Waals surface area contributed by atoms with E-state index in [9.17, 15) is 23.3 Å². The first-order valence-electron chi connectivity index (χ1n) is 4.04. The van der Waals surface area contributed by atoms with Gasteiger partial charge >= 0.3 is 12.0 Å². The lowest BCUT2D eigenvalue weighted by Gasteiger charge is -2.11. The first-order valence-corrected chi connectivity index (χ1v) is 5.12. The Kier molecular flexibility index (Phi) is 4.08. The fourth-order valence-electron chi connectivity index (χ4n) is 0.977. The van der Waals surface area contributed by atoms with Gasteiger partial charge in [0.15, 0.2) is 3.70 Å². The second-order valence-electron chi connectivity index (χ2n) is 2.77. The van der Waals surface area contributed by atoms with Gasteiger partial charge in [-0.15, -0.1) is 13.2 Å². The average Bonchev–Trinajstić information content (AvgIpc) is 2.14. The van der Waals surface area contributed by atoms with E-state index in [1.807, 2.05) is 0 Å². The number of nitrogens with zero attached hydrogens (tertiary/aromatic N) is 2. The molecule has 0 saturated heterocycles. The van der Waals surface area contributed by atoms with Crippen molar-refractivity contribution in [1.82, 2.24) is 4.98 Å². The van der Waals surface area contributed by atoms with Crippen molar-refractivity contribution >= 4 is 28.3 Å². The summed E-state index contributed by atoms with van der Waals surface area (Å²) in [5, 5.41) is 10.5. The smallest absolute Gasteiger partial charge is 0.387 e. The molecule has 1 rings (SSSR count). The minimum Gasteiger partial charge on any atom is -0.387 e. The molecule has 94 valence electrons. The van der Waals surface area contributed by atoms with Gasteiger partial charge in [0.25, 0.3) is 0 Å². The third kappa shape index (κ3) is 3.66. The normalized spacial score (nSPS) is 11.4. The molecule has 0 aromatic carbocycles. The predicted octanol–water partition coefficient (Wildman–Crippen LogP) is 1.95. The highest BCUT2D eigenvalue weighted by Crippen LogP contribution is 2.29. The van der Waals surface area contributed by atoms with Crippen LogP contribution in [0.4, 0.5) is 18.9 Å². The van der Waals surface area contributed by atoms with Gasteiger partial charge in [-0.2, -0.15) is 4.98 Å². The minimum absolute atomic E-state index is 0.186. The number of aromatic nitrogens is 1. The van der Waals surface area contributed by atoms with Crippen molar-refractivity contribution in [2.45, 2.75) is 12.9 Å². The van der Waals surface area contributed by atoms with Gasteiger partial charge in [-0.25, -0.2) is 0 Å². The molecule has 1 heterocycles. The van der Waals surface area contributed by atoms with E-state index in [4.69, 9.17) is 5.73 Å². The van der Waals surface area contributed by atoms with Crippen LogP contribution in [0.25, 0.3) is 0 Å². The Hall–Kier alpha value is -1.17. The first kappa shape index (κ1) is 13.9. The molecule has 0 amide bonds. The molecule has 2 N–H and O–H groups in total. The third-order valence-electron chi connectivity index (χ3n) is 1.63. The second-order valence-corrected chi connectivity index (χ2v) is 3.79. The molecule has 0 radical (unpaired) electrons. The Morgan fingerprint density at radius 2 is 2.18 bits per heavy atom. The number of hydrogen-bond acceptors (Lipinski definition) is 5. The van der Waals surface area contributed by atoms with Crippen LogP contribution in [0.15, 0.2) is 6.07 Å². The number of rotatable bonds is 3. The SMILES string of the molecule is NCc1cc([N+](=O)[O-])c(I)nc1OC(F)(F)F. The van der Waals surface area contributed by atoms with Crippen molar-refractivity contribution in [3.8, 4) is 5.88 Å². The van der Waals surface area contributed by atoms with Gasteiger partial charge in [-0.3, -0.25) is 10.1 Å². The third-order valence-corrected chi connectivity index (χ3v) is 2.42. The van der Waals surface area contributed by atoms with Crippen LogP contribution in [0.5, 0.6) is 5.88 Å². The van der Waals surface area contributed by atoms with Crippen LogP contribution in [0.3, 0.4) is 0 Å². The maximum Gasteiger partial charge on any atom is 0.574 e. The van der Waals surface area contributed by atoms with Crippen LogP contribution in [0, 0.1) is 13.8 Å². The zero-order valence-corrected chi connectivity index (χ0v) is 10.2. The molecule has 0 atom stereocenters. The van der Waals surface area contributed by atoms with Crippen LogP contribution in [0.1, 0.15) is 5.56 Å². The zero-order chi connectivity index (χ0) is 13.2. The summed E-state index contributed by atoms with van der Waals surface area (Å²) in [7, 11) is 0. The Balaban J connectivity index is 3.24. The van der Waals surface area contributed by atoms with E-state index < -0.39 is 22.9 Å². The molecule has 0 aliphatic rings. The van der Waals surface area contributed by atoms with Gasteiger partial charge in [0.1, 0.15) is 0 Å². The molecule has 0 aliphatic carbocycles. The maximum absolute atomic E-state index is 12.0. The molecule has 17 heavy (non-hydrogen) atoms. The first-order chi connectivity index (χ1) is 7.74. The van der Waals surface area contributed by atoms with E-state index in [0.29, 0.717) is 0 Å². The molecular formula is C7H5F3IN3O3. The van der Waals surface area contributed by atoms with Crippen LogP contribution >= 0.6 is 22.6 Å². The maximum atomic E-state index is 12.0. The van der Waals surface area contributed by atoms with E-state index in [1.165, 1.54) is 22.6 Å². The largest absolute Gasteiger partial charge is 0.574 e. The Bertz CT molecular complexity index is 452. The highest BCUT2D eigenvalue weighted by atomic mass is 127. The number of hydrogen-bond donors (Lipinski definition) is 1. The number of nitrogens with two attached hydrogens (primary N) is 1. The van der Waals surface area contributed by atoms with Crippen molar-refractivity contribution in [2.75, 3.05) is 0 Å². The lowest BCUT2D eigenvalue weighted by Crippen LogP contribution is -2.20. The summed E-state index contributed by atoms with van der Waals surface area (Å²) in [6.07, 6.45) is -4.92. The summed E-state index contributed by atoms with van der Waals surface area (Å²) in [5.74, 6) is -0.769. The van der Waals surface area contributed by atoms with E-state index in [1.54, 1.807) is 0 Å². The molecule has 0 fully saturated rings. The molecular weight excluding hydrogens is 358 g/mol. The topological polar surface area (TPSA) is 91.3 Å². The van der Waals surface area contributed by atoms with Gasteiger partial charge in [0.05, 0.1) is 4.92 Å². The van der Waals surface area contributed by atoms with Gasteiger partial charge < -0.3 is 10.5 Å². The summed E-state index contributed by atoms with van der Waals surface area (Å²) in [4.78, 5) is 13.2. The van der Waals surface area contributed by atoms with Crippen LogP contribution < -0.4 is 10.5 Å². The van der Waals surface area contributed by atoms with Crippen molar-refractivity contribution in [3.05, 3.63) is 25.4 Å². The molecule has 10 heteroatoms. The van der Waals surface area contributed by atoms with Gasteiger partial charge in [-0.05, 0) is 22.6 Å². The van der Waals surface area contributed by atoms with E-state index in [0.717, 1.165) is 6.07 Å². The standard InChI is InChI=1S/C7H5F3IN3O3/c8-7(9,10)17-6-3(2-12)1-4(14(15)16)5(11)13-6/h1H,2,12H2. The molecule has 0 bridgehead atoms. The van der Waals surface area contributed by atoms with E-state index in [2.05, 4.69) is 9.72 Å². The van der Waals surface area contributed by atoms with Crippen LogP contribution in [-0.4, -0.2) is 16.3 Å². The monoisotopic (exact) mass is 363 g/mol. The Morgan fingerprint density at radius 3 is 2.59 bits per heavy atom. The summed E-state index contributed by atoms with van der Waals surface area (Å²) < 4.78 is 39.4. The van der Waals surface area contributed by atoms with Gasteiger partial charge in [-0.1, -0.05) is 0 Å². The highest BCUT2D eigenvalue weighted by molar-refractivity contribution is 14.1.